The van der Waals surface area contributed by atoms with E-state index in [1.807, 2.05) is 24.3 Å². The van der Waals surface area contributed by atoms with Crippen LogP contribution < -0.4 is 10.5 Å². The van der Waals surface area contributed by atoms with Crippen molar-refractivity contribution in [1.29, 1.82) is 0 Å². The first-order valence-electron chi connectivity index (χ1n) is 6.19. The van der Waals surface area contributed by atoms with Crippen LogP contribution in [-0.2, 0) is 0 Å². The topological polar surface area (TPSA) is 93.6 Å². The molecule has 2 rings (SSSR count). The minimum absolute atomic E-state index is 0.143. The summed E-state index contributed by atoms with van der Waals surface area (Å²) in [5.41, 5.74) is 6.81. The summed E-state index contributed by atoms with van der Waals surface area (Å²) in [5, 5.41) is 11.7. The number of ether oxygens (including phenoxy) is 1. The maximum absolute atomic E-state index is 8.76. The molecule has 0 spiro atoms. The molecule has 0 aliphatic carbocycles. The summed E-state index contributed by atoms with van der Waals surface area (Å²) in [6, 6.07) is 7.66. The first kappa shape index (κ1) is 13.8. The minimum Gasteiger partial charge on any atom is -0.437 e. The summed E-state index contributed by atoms with van der Waals surface area (Å²) in [6.45, 7) is 4.15. The van der Waals surface area contributed by atoms with E-state index in [0.717, 1.165) is 5.56 Å². The van der Waals surface area contributed by atoms with Gasteiger partial charge in [-0.3, -0.25) is 0 Å². The normalized spacial score (nSPS) is 11.7. The van der Waals surface area contributed by atoms with E-state index >= 15 is 0 Å². The molecule has 104 valence electrons. The van der Waals surface area contributed by atoms with Crippen molar-refractivity contribution in [3.63, 3.8) is 0 Å². The monoisotopic (exact) mass is 272 g/mol. The third-order valence-corrected chi connectivity index (χ3v) is 2.76. The van der Waals surface area contributed by atoms with Gasteiger partial charge in [-0.05, 0) is 17.5 Å². The minimum atomic E-state index is -0.143. The zero-order valence-electron chi connectivity index (χ0n) is 11.3. The van der Waals surface area contributed by atoms with Crippen LogP contribution in [0.25, 0.3) is 0 Å². The van der Waals surface area contributed by atoms with Crippen molar-refractivity contribution in [2.45, 2.75) is 19.8 Å². The number of oxime groups is 1. The number of hydrogen-bond acceptors (Lipinski definition) is 5. The summed E-state index contributed by atoms with van der Waals surface area (Å²) in [6.07, 6.45) is 2.94. The van der Waals surface area contributed by atoms with E-state index in [-0.39, 0.29) is 17.4 Å². The van der Waals surface area contributed by atoms with Crippen LogP contribution in [0.2, 0.25) is 0 Å². The fraction of sp³-hybridized carbons (Fsp3) is 0.214. The Balaban J connectivity index is 2.41. The summed E-state index contributed by atoms with van der Waals surface area (Å²) in [7, 11) is 0. The second kappa shape index (κ2) is 6.01. The number of benzene rings is 1. The molecule has 0 saturated heterocycles. The highest BCUT2D eigenvalue weighted by Crippen LogP contribution is 2.30. The summed E-state index contributed by atoms with van der Waals surface area (Å²) >= 11 is 0. The van der Waals surface area contributed by atoms with Gasteiger partial charge in [-0.1, -0.05) is 37.2 Å². The highest BCUT2D eigenvalue weighted by atomic mass is 16.5. The van der Waals surface area contributed by atoms with Crippen LogP contribution in [0.3, 0.4) is 0 Å². The molecule has 0 saturated carbocycles. The Hall–Kier alpha value is -2.63. The van der Waals surface area contributed by atoms with Gasteiger partial charge in [-0.25, -0.2) is 9.97 Å². The molecule has 0 unspecified atom stereocenters. The Labute approximate surface area is 116 Å². The maximum Gasteiger partial charge on any atom is 0.249 e. The molecular weight excluding hydrogens is 256 g/mol. The lowest BCUT2D eigenvalue weighted by Crippen LogP contribution is -2.16. The number of rotatable bonds is 4. The predicted octanol–water partition coefficient (Wildman–Crippen LogP) is 2.49. The smallest absolute Gasteiger partial charge is 0.249 e. The molecule has 1 aromatic carbocycles. The van der Waals surface area contributed by atoms with Crippen LogP contribution in [0.4, 0.5) is 0 Å². The quantitative estimate of drug-likeness (QED) is 0.386. The standard InChI is InChI=1S/C14H16N4O2/c1-9(2)10-5-3-4-6-11(10)20-14-12(13(15)18-19)16-7-8-17-14/h3-9,19H,1-2H3,(H2,15,18). The predicted molar refractivity (Wildman–Crippen MR) is 75.1 cm³/mol. The molecule has 1 aromatic heterocycles. The fourth-order valence-corrected chi connectivity index (χ4v) is 1.78. The van der Waals surface area contributed by atoms with Gasteiger partial charge in [0.05, 0.1) is 0 Å². The Kier molecular flexibility index (Phi) is 4.14. The molecule has 3 N–H and O–H groups in total. The third kappa shape index (κ3) is 2.85. The Morgan fingerprint density at radius 1 is 1.25 bits per heavy atom. The van der Waals surface area contributed by atoms with Gasteiger partial charge >= 0.3 is 0 Å². The van der Waals surface area contributed by atoms with Gasteiger partial charge in [0, 0.05) is 12.4 Å². The maximum atomic E-state index is 8.76. The van der Waals surface area contributed by atoms with Crippen LogP contribution in [0.15, 0.2) is 41.8 Å². The highest BCUT2D eigenvalue weighted by molar-refractivity contribution is 5.97. The largest absolute Gasteiger partial charge is 0.437 e. The second-order valence-electron chi connectivity index (χ2n) is 4.49. The van der Waals surface area contributed by atoms with Crippen molar-refractivity contribution in [3.05, 3.63) is 47.9 Å². The first-order valence-corrected chi connectivity index (χ1v) is 6.19. The van der Waals surface area contributed by atoms with Gasteiger partial charge in [-0.2, -0.15) is 0 Å². The molecule has 0 amide bonds. The molecule has 0 fully saturated rings. The molecule has 6 heteroatoms. The van der Waals surface area contributed by atoms with Crippen LogP contribution in [0.1, 0.15) is 31.0 Å². The number of nitrogens with two attached hydrogens (primary N) is 1. The van der Waals surface area contributed by atoms with E-state index < -0.39 is 0 Å². The van der Waals surface area contributed by atoms with Crippen molar-refractivity contribution in [2.75, 3.05) is 0 Å². The van der Waals surface area contributed by atoms with Gasteiger partial charge in [0.1, 0.15) is 5.75 Å². The first-order chi connectivity index (χ1) is 9.63. The van der Waals surface area contributed by atoms with Crippen LogP contribution in [0.5, 0.6) is 11.6 Å². The molecule has 20 heavy (non-hydrogen) atoms. The SMILES string of the molecule is CC(C)c1ccccc1Oc1nccnc1C(N)=NO. The van der Waals surface area contributed by atoms with Crippen LogP contribution in [-0.4, -0.2) is 21.0 Å². The van der Waals surface area contributed by atoms with E-state index in [9.17, 15) is 0 Å². The zero-order valence-corrected chi connectivity index (χ0v) is 11.3. The summed E-state index contributed by atoms with van der Waals surface area (Å²) < 4.78 is 5.78. The van der Waals surface area contributed by atoms with Crippen molar-refractivity contribution in [3.8, 4) is 11.6 Å². The van der Waals surface area contributed by atoms with E-state index in [0.29, 0.717) is 11.7 Å². The molecule has 0 bridgehead atoms. The van der Waals surface area contributed by atoms with Crippen molar-refractivity contribution in [2.24, 2.45) is 10.9 Å². The summed E-state index contributed by atoms with van der Waals surface area (Å²) in [4.78, 5) is 8.10. The van der Waals surface area contributed by atoms with Gasteiger partial charge in [-0.15, -0.1) is 0 Å². The van der Waals surface area contributed by atoms with E-state index in [4.69, 9.17) is 15.7 Å². The lowest BCUT2D eigenvalue weighted by atomic mass is 10.0. The van der Waals surface area contributed by atoms with E-state index in [1.165, 1.54) is 12.4 Å². The number of amidine groups is 1. The molecule has 0 atom stereocenters. The highest BCUT2D eigenvalue weighted by Gasteiger charge is 2.14. The Bertz CT molecular complexity index is 626. The average molecular weight is 272 g/mol. The number of aromatic nitrogens is 2. The molecule has 0 aliphatic rings. The van der Waals surface area contributed by atoms with Gasteiger partial charge in [0.15, 0.2) is 11.5 Å². The third-order valence-electron chi connectivity index (χ3n) is 2.76. The van der Waals surface area contributed by atoms with Gasteiger partial charge in [0.2, 0.25) is 5.88 Å². The van der Waals surface area contributed by atoms with Crippen molar-refractivity contribution < 1.29 is 9.94 Å². The number of nitrogens with zero attached hydrogens (tertiary/aromatic N) is 3. The van der Waals surface area contributed by atoms with Crippen LogP contribution in [0, 0.1) is 0 Å². The molecule has 0 aliphatic heterocycles. The molecule has 0 radical (unpaired) electrons. The molecule has 1 heterocycles. The molecule has 6 nitrogen and oxygen atoms in total. The van der Waals surface area contributed by atoms with Crippen LogP contribution >= 0.6 is 0 Å². The fourth-order valence-electron chi connectivity index (χ4n) is 1.78. The average Bonchev–Trinajstić information content (AvgIpc) is 2.47. The Morgan fingerprint density at radius 2 is 1.95 bits per heavy atom. The lowest BCUT2D eigenvalue weighted by Gasteiger charge is -2.13. The van der Waals surface area contributed by atoms with E-state index in [2.05, 4.69) is 29.0 Å². The Morgan fingerprint density at radius 3 is 2.65 bits per heavy atom. The molecule has 2 aromatic rings. The molecular formula is C14H16N4O2. The lowest BCUT2D eigenvalue weighted by molar-refractivity contribution is 0.318. The van der Waals surface area contributed by atoms with E-state index in [1.54, 1.807) is 0 Å². The summed E-state index contributed by atoms with van der Waals surface area (Å²) in [5.74, 6) is 1.04. The van der Waals surface area contributed by atoms with Crippen molar-refractivity contribution in [1.82, 2.24) is 9.97 Å². The van der Waals surface area contributed by atoms with Crippen molar-refractivity contribution >= 4 is 5.84 Å². The van der Waals surface area contributed by atoms with Gasteiger partial charge in [0.25, 0.3) is 0 Å². The number of hydrogen-bond donors (Lipinski definition) is 2. The number of para-hydroxylation sites is 1. The zero-order chi connectivity index (χ0) is 14.5. The second-order valence-corrected chi connectivity index (χ2v) is 4.49. The van der Waals surface area contributed by atoms with Gasteiger partial charge < -0.3 is 15.7 Å².